The van der Waals surface area contributed by atoms with Crippen molar-refractivity contribution in [3.8, 4) is 0 Å². The van der Waals surface area contributed by atoms with Crippen molar-refractivity contribution in [3.05, 3.63) is 51.7 Å². The second-order valence-electron chi connectivity index (χ2n) is 8.41. The lowest BCUT2D eigenvalue weighted by Gasteiger charge is -2.39. The molecule has 1 spiro atoms. The molecular weight excluding hydrogens is 354 g/mol. The maximum absolute atomic E-state index is 12.6. The highest BCUT2D eigenvalue weighted by Gasteiger charge is 2.45. The van der Waals surface area contributed by atoms with E-state index in [9.17, 15) is 9.59 Å². The van der Waals surface area contributed by atoms with Gasteiger partial charge in [-0.1, -0.05) is 0 Å². The minimum atomic E-state index is -0.0189. The van der Waals surface area contributed by atoms with Gasteiger partial charge in [0.2, 0.25) is 5.91 Å². The van der Waals surface area contributed by atoms with Gasteiger partial charge in [0.15, 0.2) is 0 Å². The average molecular weight is 379 g/mol. The molecule has 3 heterocycles. The van der Waals surface area contributed by atoms with Gasteiger partial charge in [-0.2, -0.15) is 0 Å². The van der Waals surface area contributed by atoms with E-state index in [0.717, 1.165) is 74.4 Å². The number of nitrogens with one attached hydrogen (secondary N) is 1. The van der Waals surface area contributed by atoms with Crippen LogP contribution in [0.25, 0.3) is 0 Å². The Balaban J connectivity index is 1.26. The monoisotopic (exact) mass is 379 g/mol. The molecule has 1 saturated carbocycles. The first-order valence-electron chi connectivity index (χ1n) is 10.3. The SMILES string of the molecule is O=C(CCc1cnccn1)N1CCC2(CCc3c2nc(C2CC2)[nH]c3=O)CC1. The summed E-state index contributed by atoms with van der Waals surface area (Å²) in [7, 11) is 0. The normalized spacial score (nSPS) is 20.4. The van der Waals surface area contributed by atoms with Gasteiger partial charge in [0.1, 0.15) is 5.82 Å². The molecule has 7 nitrogen and oxygen atoms in total. The molecule has 5 rings (SSSR count). The van der Waals surface area contributed by atoms with E-state index in [1.54, 1.807) is 18.6 Å². The molecule has 7 heteroatoms. The number of likely N-dealkylation sites (tertiary alicyclic amines) is 1. The highest BCUT2D eigenvalue weighted by molar-refractivity contribution is 5.76. The van der Waals surface area contributed by atoms with Crippen LogP contribution < -0.4 is 5.56 Å². The number of aromatic amines is 1. The molecular formula is C21H25N5O2. The number of nitrogens with zero attached hydrogens (tertiary/aromatic N) is 4. The molecule has 2 aromatic rings. The Hall–Kier alpha value is -2.57. The summed E-state index contributed by atoms with van der Waals surface area (Å²) in [5.74, 6) is 1.50. The maximum atomic E-state index is 12.6. The quantitative estimate of drug-likeness (QED) is 0.876. The van der Waals surface area contributed by atoms with Crippen LogP contribution in [0.4, 0.5) is 0 Å². The third-order valence-electron chi connectivity index (χ3n) is 6.64. The van der Waals surface area contributed by atoms with Crippen molar-refractivity contribution in [2.45, 2.75) is 62.7 Å². The van der Waals surface area contributed by atoms with Crippen LogP contribution in [-0.2, 0) is 23.1 Å². The van der Waals surface area contributed by atoms with E-state index in [2.05, 4.69) is 15.0 Å². The molecule has 146 valence electrons. The molecule has 3 aliphatic rings. The molecule has 28 heavy (non-hydrogen) atoms. The zero-order valence-electron chi connectivity index (χ0n) is 16.0. The molecule has 0 bridgehead atoms. The third kappa shape index (κ3) is 3.12. The van der Waals surface area contributed by atoms with Crippen LogP contribution in [0.1, 0.15) is 67.2 Å². The van der Waals surface area contributed by atoms with Gasteiger partial charge in [-0.05, 0) is 44.9 Å². The van der Waals surface area contributed by atoms with E-state index in [1.807, 2.05) is 4.90 Å². The van der Waals surface area contributed by atoms with Crippen LogP contribution >= 0.6 is 0 Å². The Morgan fingerprint density at radius 1 is 1.21 bits per heavy atom. The number of carbonyl (C=O) groups is 1. The van der Waals surface area contributed by atoms with Crippen LogP contribution in [-0.4, -0.2) is 43.8 Å². The van der Waals surface area contributed by atoms with E-state index in [4.69, 9.17) is 4.98 Å². The standard InChI is InChI=1S/C21H25N5O2/c27-17(4-3-15-13-22-9-10-23-15)26-11-7-21(8-12-26)6-5-16-18(21)24-19(14-1-2-14)25-20(16)28/h9-10,13-14H,1-8,11-12H2,(H,24,25,28). The van der Waals surface area contributed by atoms with Crippen molar-refractivity contribution in [2.24, 2.45) is 0 Å². The highest BCUT2D eigenvalue weighted by Crippen LogP contribution is 2.46. The summed E-state index contributed by atoms with van der Waals surface area (Å²) in [6.45, 7) is 1.48. The first-order valence-corrected chi connectivity index (χ1v) is 10.3. The van der Waals surface area contributed by atoms with E-state index < -0.39 is 0 Å². The first-order chi connectivity index (χ1) is 13.6. The highest BCUT2D eigenvalue weighted by atomic mass is 16.2. The van der Waals surface area contributed by atoms with Gasteiger partial charge in [-0.3, -0.25) is 19.6 Å². The summed E-state index contributed by atoms with van der Waals surface area (Å²) < 4.78 is 0. The Morgan fingerprint density at radius 2 is 2.04 bits per heavy atom. The van der Waals surface area contributed by atoms with E-state index >= 15 is 0 Å². The predicted octanol–water partition coefficient (Wildman–Crippen LogP) is 1.88. The number of hydrogen-bond acceptors (Lipinski definition) is 5. The fourth-order valence-electron chi connectivity index (χ4n) is 4.74. The van der Waals surface area contributed by atoms with Crippen LogP contribution in [0.15, 0.2) is 23.4 Å². The number of rotatable bonds is 4. The van der Waals surface area contributed by atoms with Crippen molar-refractivity contribution in [1.82, 2.24) is 24.8 Å². The summed E-state index contributed by atoms with van der Waals surface area (Å²) in [6.07, 6.45) is 12.0. The third-order valence-corrected chi connectivity index (χ3v) is 6.64. The van der Waals surface area contributed by atoms with Crippen molar-refractivity contribution in [2.75, 3.05) is 13.1 Å². The summed E-state index contributed by atoms with van der Waals surface area (Å²) in [6, 6.07) is 0. The molecule has 0 unspecified atom stereocenters. The van der Waals surface area contributed by atoms with E-state index in [0.29, 0.717) is 18.8 Å². The number of H-pyrrole nitrogens is 1. The summed E-state index contributed by atoms with van der Waals surface area (Å²) >= 11 is 0. The predicted molar refractivity (Wildman–Crippen MR) is 103 cm³/mol. The molecule has 2 aromatic heterocycles. The fourth-order valence-corrected chi connectivity index (χ4v) is 4.74. The Bertz CT molecular complexity index is 943. The van der Waals surface area contributed by atoms with Gasteiger partial charge < -0.3 is 9.88 Å². The molecule has 1 aliphatic heterocycles. The lowest BCUT2D eigenvalue weighted by Crippen LogP contribution is -2.45. The lowest BCUT2D eigenvalue weighted by molar-refractivity contribution is -0.132. The number of carbonyl (C=O) groups excluding carboxylic acids is 1. The first kappa shape index (κ1) is 17.5. The number of aryl methyl sites for hydroxylation is 1. The molecule has 1 amide bonds. The Morgan fingerprint density at radius 3 is 2.75 bits per heavy atom. The van der Waals surface area contributed by atoms with Gasteiger partial charge >= 0.3 is 0 Å². The van der Waals surface area contributed by atoms with Gasteiger partial charge in [0.05, 0.1) is 11.4 Å². The summed E-state index contributed by atoms with van der Waals surface area (Å²) in [5, 5.41) is 0. The van der Waals surface area contributed by atoms with Crippen LogP contribution in [0.3, 0.4) is 0 Å². The van der Waals surface area contributed by atoms with Crippen molar-refractivity contribution in [1.29, 1.82) is 0 Å². The minimum absolute atomic E-state index is 0.0189. The van der Waals surface area contributed by atoms with E-state index in [1.165, 1.54) is 0 Å². The lowest BCUT2D eigenvalue weighted by atomic mass is 9.76. The van der Waals surface area contributed by atoms with Gasteiger partial charge in [-0.15, -0.1) is 0 Å². The molecule has 0 aromatic carbocycles. The zero-order chi connectivity index (χ0) is 19.1. The number of aromatic nitrogens is 4. The minimum Gasteiger partial charge on any atom is -0.343 e. The Kier molecular flexibility index (Phi) is 4.25. The molecule has 2 aliphatic carbocycles. The van der Waals surface area contributed by atoms with Gasteiger partial charge in [-0.25, -0.2) is 4.98 Å². The number of amides is 1. The molecule has 1 saturated heterocycles. The maximum Gasteiger partial charge on any atom is 0.254 e. The van der Waals surface area contributed by atoms with Crippen molar-refractivity contribution < 1.29 is 4.79 Å². The van der Waals surface area contributed by atoms with Crippen molar-refractivity contribution >= 4 is 5.91 Å². The largest absolute Gasteiger partial charge is 0.343 e. The second kappa shape index (κ2) is 6.79. The zero-order valence-corrected chi connectivity index (χ0v) is 16.0. The molecule has 2 fully saturated rings. The van der Waals surface area contributed by atoms with Crippen molar-refractivity contribution in [3.63, 3.8) is 0 Å². The van der Waals surface area contributed by atoms with E-state index in [-0.39, 0.29) is 16.9 Å². The number of hydrogen-bond donors (Lipinski definition) is 1. The van der Waals surface area contributed by atoms with Gasteiger partial charge in [0.25, 0.3) is 5.56 Å². The average Bonchev–Trinajstić information content (AvgIpc) is 3.52. The second-order valence-corrected chi connectivity index (χ2v) is 8.41. The number of fused-ring (bicyclic) bond motifs is 2. The number of piperidine rings is 1. The van der Waals surface area contributed by atoms with Crippen LogP contribution in [0.2, 0.25) is 0 Å². The molecule has 0 atom stereocenters. The fraction of sp³-hybridized carbons (Fsp3) is 0.571. The Labute approximate surface area is 163 Å². The summed E-state index contributed by atoms with van der Waals surface area (Å²) in [5.41, 5.74) is 2.81. The van der Waals surface area contributed by atoms with Crippen LogP contribution in [0, 0.1) is 0 Å². The van der Waals surface area contributed by atoms with Gasteiger partial charge in [0, 0.05) is 55.0 Å². The topological polar surface area (TPSA) is 91.8 Å². The smallest absolute Gasteiger partial charge is 0.254 e. The van der Waals surface area contributed by atoms with Crippen LogP contribution in [0.5, 0.6) is 0 Å². The molecule has 0 radical (unpaired) electrons. The summed E-state index contributed by atoms with van der Waals surface area (Å²) in [4.78, 5) is 43.3. The molecule has 1 N–H and O–H groups in total.